The number of aromatic amines is 1. The van der Waals surface area contributed by atoms with E-state index in [1.54, 1.807) is 13.2 Å². The maximum absolute atomic E-state index is 13.3. The van der Waals surface area contributed by atoms with Gasteiger partial charge < -0.3 is 10.1 Å². The van der Waals surface area contributed by atoms with Crippen LogP contribution in [-0.4, -0.2) is 29.0 Å². The lowest BCUT2D eigenvalue weighted by Gasteiger charge is -2.24. The molecule has 0 atom stereocenters. The van der Waals surface area contributed by atoms with Gasteiger partial charge in [0.2, 0.25) is 5.91 Å². The van der Waals surface area contributed by atoms with Crippen molar-refractivity contribution in [1.29, 1.82) is 0 Å². The van der Waals surface area contributed by atoms with Crippen LogP contribution in [0.5, 0.6) is 5.75 Å². The minimum Gasteiger partial charge on any atom is -0.497 e. The van der Waals surface area contributed by atoms with E-state index in [4.69, 9.17) is 4.74 Å². The highest BCUT2D eigenvalue weighted by atomic mass is 16.5. The van der Waals surface area contributed by atoms with Crippen molar-refractivity contribution >= 4 is 17.4 Å². The first-order valence-electron chi connectivity index (χ1n) is 9.39. The molecule has 0 unspecified atom stereocenters. The zero-order valence-electron chi connectivity index (χ0n) is 15.4. The quantitative estimate of drug-likeness (QED) is 0.566. The number of nitrogens with one attached hydrogen (secondary N) is 2. The molecule has 6 nitrogen and oxygen atoms in total. The predicted molar refractivity (Wildman–Crippen MR) is 105 cm³/mol. The third-order valence-corrected chi connectivity index (χ3v) is 5.65. The summed E-state index contributed by atoms with van der Waals surface area (Å²) in [4.78, 5) is 25.7. The molecule has 0 aliphatic heterocycles. The van der Waals surface area contributed by atoms with Crippen LogP contribution in [0.1, 0.15) is 35.2 Å². The summed E-state index contributed by atoms with van der Waals surface area (Å²) in [5.74, 6) is 0.679. The fourth-order valence-corrected chi connectivity index (χ4v) is 3.86. The predicted octanol–water partition coefficient (Wildman–Crippen LogP) is 4.04. The van der Waals surface area contributed by atoms with Gasteiger partial charge in [-0.2, -0.15) is 5.10 Å². The van der Waals surface area contributed by atoms with Crippen LogP contribution in [0.4, 0.5) is 5.69 Å². The summed E-state index contributed by atoms with van der Waals surface area (Å²) in [7, 11) is 1.61. The number of methoxy groups -OCH3 is 1. The molecule has 2 aliphatic carbocycles. The third kappa shape index (κ3) is 2.45. The number of ether oxygens (including phenoxy) is 1. The second kappa shape index (κ2) is 6.34. The number of fused-ring (bicyclic) bond motifs is 3. The van der Waals surface area contributed by atoms with E-state index in [0.717, 1.165) is 36.1 Å². The van der Waals surface area contributed by atoms with E-state index in [1.807, 2.05) is 36.4 Å². The molecular formula is C22H19N3O3. The molecule has 140 valence electrons. The minimum atomic E-state index is -0.117. The maximum Gasteiger partial charge on any atom is 0.227 e. The van der Waals surface area contributed by atoms with E-state index in [-0.39, 0.29) is 17.6 Å². The van der Waals surface area contributed by atoms with Gasteiger partial charge in [0, 0.05) is 17.0 Å². The van der Waals surface area contributed by atoms with Crippen molar-refractivity contribution in [1.82, 2.24) is 10.2 Å². The van der Waals surface area contributed by atoms with Gasteiger partial charge in [-0.1, -0.05) is 18.6 Å². The van der Waals surface area contributed by atoms with Gasteiger partial charge >= 0.3 is 0 Å². The Bertz CT molecular complexity index is 1090. The number of ketones is 1. The lowest BCUT2D eigenvalue weighted by atomic mass is 9.84. The fraction of sp³-hybridized carbons (Fsp3) is 0.227. The first-order chi connectivity index (χ1) is 13.7. The van der Waals surface area contributed by atoms with Crippen molar-refractivity contribution in [2.24, 2.45) is 5.92 Å². The molecule has 2 N–H and O–H groups in total. The number of carbonyl (C=O) groups excluding carboxylic acids is 2. The van der Waals surface area contributed by atoms with Crippen LogP contribution in [0.2, 0.25) is 0 Å². The van der Waals surface area contributed by atoms with E-state index in [0.29, 0.717) is 28.2 Å². The van der Waals surface area contributed by atoms with Crippen molar-refractivity contribution in [2.45, 2.75) is 19.3 Å². The highest BCUT2D eigenvalue weighted by Crippen LogP contribution is 2.43. The van der Waals surface area contributed by atoms with Crippen LogP contribution >= 0.6 is 0 Å². The summed E-state index contributed by atoms with van der Waals surface area (Å²) in [6, 6.07) is 13.0. The van der Waals surface area contributed by atoms with Gasteiger partial charge in [0.05, 0.1) is 29.6 Å². The lowest BCUT2D eigenvalue weighted by Crippen LogP contribution is -2.28. The van der Waals surface area contributed by atoms with E-state index in [9.17, 15) is 9.59 Å². The summed E-state index contributed by atoms with van der Waals surface area (Å²) in [5, 5.41) is 10.4. The Morgan fingerprint density at radius 1 is 1.14 bits per heavy atom. The van der Waals surface area contributed by atoms with Crippen LogP contribution in [0, 0.1) is 5.92 Å². The summed E-state index contributed by atoms with van der Waals surface area (Å²) < 4.78 is 5.20. The zero-order chi connectivity index (χ0) is 19.3. The molecule has 3 aromatic rings. The molecule has 28 heavy (non-hydrogen) atoms. The second-order valence-corrected chi connectivity index (χ2v) is 7.23. The first kappa shape index (κ1) is 16.7. The van der Waals surface area contributed by atoms with Crippen molar-refractivity contribution in [3.05, 3.63) is 53.6 Å². The van der Waals surface area contributed by atoms with Crippen LogP contribution in [0.3, 0.4) is 0 Å². The number of rotatable bonds is 4. The van der Waals surface area contributed by atoms with Crippen LogP contribution in [0.25, 0.3) is 22.5 Å². The van der Waals surface area contributed by atoms with Crippen molar-refractivity contribution in [3.8, 4) is 28.3 Å². The Kier molecular flexibility index (Phi) is 3.79. The molecule has 2 aliphatic rings. The van der Waals surface area contributed by atoms with Gasteiger partial charge in [-0.15, -0.1) is 0 Å². The van der Waals surface area contributed by atoms with Gasteiger partial charge in [0.1, 0.15) is 11.4 Å². The second-order valence-electron chi connectivity index (χ2n) is 7.23. The summed E-state index contributed by atoms with van der Waals surface area (Å²) >= 11 is 0. The molecule has 1 heterocycles. The van der Waals surface area contributed by atoms with Gasteiger partial charge in [0.25, 0.3) is 0 Å². The molecule has 6 heteroatoms. The topological polar surface area (TPSA) is 84.1 Å². The molecule has 1 aromatic heterocycles. The smallest absolute Gasteiger partial charge is 0.227 e. The first-order valence-corrected chi connectivity index (χ1v) is 9.39. The number of nitrogens with zero attached hydrogens (tertiary/aromatic N) is 1. The summed E-state index contributed by atoms with van der Waals surface area (Å²) in [5.41, 5.74) is 4.57. The van der Waals surface area contributed by atoms with E-state index < -0.39 is 0 Å². The molecule has 1 saturated carbocycles. The van der Waals surface area contributed by atoms with Crippen molar-refractivity contribution in [2.75, 3.05) is 12.4 Å². The van der Waals surface area contributed by atoms with Crippen LogP contribution in [-0.2, 0) is 4.79 Å². The number of amides is 1. The molecule has 1 amide bonds. The number of hydrogen-bond acceptors (Lipinski definition) is 4. The average Bonchev–Trinajstić information content (AvgIpc) is 3.21. The van der Waals surface area contributed by atoms with Gasteiger partial charge in [-0.05, 0) is 43.2 Å². The summed E-state index contributed by atoms with van der Waals surface area (Å²) in [6.07, 6.45) is 2.92. The van der Waals surface area contributed by atoms with Gasteiger partial charge in [-0.25, -0.2) is 0 Å². The Morgan fingerprint density at radius 2 is 1.93 bits per heavy atom. The molecule has 5 rings (SSSR count). The monoisotopic (exact) mass is 373 g/mol. The molecule has 1 fully saturated rings. The number of hydrogen-bond donors (Lipinski definition) is 2. The Morgan fingerprint density at radius 3 is 2.61 bits per heavy atom. The van der Waals surface area contributed by atoms with Gasteiger partial charge in [0.15, 0.2) is 5.78 Å². The Hall–Kier alpha value is -3.41. The highest BCUT2D eigenvalue weighted by molar-refractivity contribution is 6.27. The average molecular weight is 373 g/mol. The largest absolute Gasteiger partial charge is 0.497 e. The standard InChI is InChI=1S/C22H19N3O3/c1-28-14-10-8-12(9-11-14)19-18-20(25-24-19)15-6-3-7-16(17(15)21(18)26)23-22(27)13-4-2-5-13/h3,6-11,13H,2,4-5H2,1H3,(H,23,27)(H,24,25). The molecule has 0 radical (unpaired) electrons. The van der Waals surface area contributed by atoms with E-state index in [1.165, 1.54) is 0 Å². The fourth-order valence-electron chi connectivity index (χ4n) is 3.86. The number of carbonyl (C=O) groups is 2. The molecule has 2 aromatic carbocycles. The van der Waals surface area contributed by atoms with Crippen LogP contribution < -0.4 is 10.1 Å². The minimum absolute atomic E-state index is 0.00323. The number of aromatic nitrogens is 2. The van der Waals surface area contributed by atoms with E-state index >= 15 is 0 Å². The summed E-state index contributed by atoms with van der Waals surface area (Å²) in [6.45, 7) is 0. The normalized spacial score (nSPS) is 15.0. The third-order valence-electron chi connectivity index (χ3n) is 5.65. The number of H-pyrrole nitrogens is 1. The lowest BCUT2D eigenvalue weighted by molar-refractivity contribution is -0.122. The van der Waals surface area contributed by atoms with Crippen molar-refractivity contribution < 1.29 is 14.3 Å². The SMILES string of the molecule is COc1ccc(-c2n[nH]c3c2C(=O)c2c(NC(=O)C4CCC4)cccc2-3)cc1. The maximum atomic E-state index is 13.3. The highest BCUT2D eigenvalue weighted by Gasteiger charge is 2.35. The molecule has 0 bridgehead atoms. The Balaban J connectivity index is 1.53. The van der Waals surface area contributed by atoms with Crippen LogP contribution in [0.15, 0.2) is 42.5 Å². The Labute approximate surface area is 161 Å². The van der Waals surface area contributed by atoms with E-state index in [2.05, 4.69) is 15.5 Å². The molecule has 0 spiro atoms. The zero-order valence-corrected chi connectivity index (χ0v) is 15.4. The van der Waals surface area contributed by atoms with Crippen molar-refractivity contribution in [3.63, 3.8) is 0 Å². The molecule has 0 saturated heterocycles. The molecular weight excluding hydrogens is 354 g/mol. The number of benzene rings is 2. The van der Waals surface area contributed by atoms with Gasteiger partial charge in [-0.3, -0.25) is 14.7 Å². The number of anilines is 1.